The molecule has 0 fully saturated rings. The fourth-order valence-corrected chi connectivity index (χ4v) is 1.26. The monoisotopic (exact) mass is 260 g/mol. The maximum absolute atomic E-state index is 11.3. The second-order valence-electron chi connectivity index (χ2n) is 2.88. The molecule has 1 aromatic rings. The molecule has 2 N–H and O–H groups in total. The second kappa shape index (κ2) is 6.35. The molecule has 0 unspecified atom stereocenters. The first kappa shape index (κ1) is 12.8. The highest BCUT2D eigenvalue weighted by Crippen LogP contribution is 2.19. The van der Waals surface area contributed by atoms with E-state index in [0.717, 1.165) is 0 Å². The molecule has 0 aliphatic rings. The van der Waals surface area contributed by atoms with Crippen LogP contribution in [0, 0.1) is 0 Å². The van der Waals surface area contributed by atoms with Gasteiger partial charge in [0, 0.05) is 12.4 Å². The minimum atomic E-state index is -0.766. The smallest absolute Gasteiger partial charge is 0.313 e. The van der Waals surface area contributed by atoms with E-state index in [1.807, 2.05) is 0 Å². The van der Waals surface area contributed by atoms with Crippen molar-refractivity contribution in [2.24, 2.45) is 0 Å². The van der Waals surface area contributed by atoms with Crippen molar-refractivity contribution in [2.75, 3.05) is 17.7 Å². The number of carbonyl (C=O) groups excluding carboxylic acids is 2. The van der Waals surface area contributed by atoms with Crippen LogP contribution in [0.4, 0.5) is 5.69 Å². The van der Waals surface area contributed by atoms with Gasteiger partial charge in [0.15, 0.2) is 0 Å². The van der Waals surface area contributed by atoms with Gasteiger partial charge in [0.1, 0.15) is 0 Å². The fraction of sp³-hybridized carbons (Fsp3) is 0.200. The van der Waals surface area contributed by atoms with Crippen molar-refractivity contribution in [3.05, 3.63) is 29.3 Å². The molecular weight excluding hydrogens is 251 g/mol. The normalized spacial score (nSPS) is 9.62. The summed E-state index contributed by atoms with van der Waals surface area (Å²) in [6.45, 7) is 0.246. The van der Waals surface area contributed by atoms with E-state index >= 15 is 0 Å². The zero-order chi connectivity index (χ0) is 12.0. The van der Waals surface area contributed by atoms with Crippen LogP contribution in [0.2, 0.25) is 5.02 Å². The third kappa shape index (κ3) is 3.72. The highest BCUT2D eigenvalue weighted by molar-refractivity contribution is 6.41. The lowest BCUT2D eigenvalue weighted by Gasteiger charge is -2.06. The number of benzene rings is 1. The summed E-state index contributed by atoms with van der Waals surface area (Å²) in [4.78, 5) is 22.5. The van der Waals surface area contributed by atoms with Crippen LogP contribution in [0.3, 0.4) is 0 Å². The van der Waals surface area contributed by atoms with Gasteiger partial charge >= 0.3 is 11.8 Å². The summed E-state index contributed by atoms with van der Waals surface area (Å²) < 4.78 is 0. The van der Waals surface area contributed by atoms with Gasteiger partial charge in [-0.2, -0.15) is 0 Å². The Labute approximate surface area is 103 Å². The number of carbonyl (C=O) groups is 2. The van der Waals surface area contributed by atoms with Crippen molar-refractivity contribution in [1.29, 1.82) is 0 Å². The van der Waals surface area contributed by atoms with Crippen LogP contribution in [0.5, 0.6) is 0 Å². The highest BCUT2D eigenvalue weighted by atomic mass is 35.5. The third-order valence-corrected chi connectivity index (χ3v) is 2.23. The quantitative estimate of drug-likeness (QED) is 0.641. The van der Waals surface area contributed by atoms with Crippen molar-refractivity contribution in [2.45, 2.75) is 0 Å². The van der Waals surface area contributed by atoms with Gasteiger partial charge in [-0.3, -0.25) is 9.59 Å². The summed E-state index contributed by atoms with van der Waals surface area (Å²) in [7, 11) is 0. The van der Waals surface area contributed by atoms with E-state index in [1.165, 1.54) is 0 Å². The predicted molar refractivity (Wildman–Crippen MR) is 63.8 cm³/mol. The number of hydrogen-bond donors (Lipinski definition) is 2. The Morgan fingerprint density at radius 3 is 2.50 bits per heavy atom. The van der Waals surface area contributed by atoms with E-state index in [0.29, 0.717) is 10.7 Å². The molecule has 0 atom stereocenters. The van der Waals surface area contributed by atoms with Crippen molar-refractivity contribution in [3.63, 3.8) is 0 Å². The molecule has 0 radical (unpaired) electrons. The predicted octanol–water partition coefficient (Wildman–Crippen LogP) is 1.63. The molecule has 86 valence electrons. The molecule has 0 aliphatic heterocycles. The van der Waals surface area contributed by atoms with Crippen LogP contribution in [-0.4, -0.2) is 24.2 Å². The Hall–Kier alpha value is -1.26. The zero-order valence-corrected chi connectivity index (χ0v) is 9.81. The number of para-hydroxylation sites is 1. The van der Waals surface area contributed by atoms with Gasteiger partial charge < -0.3 is 10.6 Å². The topological polar surface area (TPSA) is 58.2 Å². The van der Waals surface area contributed by atoms with Crippen LogP contribution in [0.15, 0.2) is 24.3 Å². The van der Waals surface area contributed by atoms with Gasteiger partial charge in [-0.15, -0.1) is 11.6 Å². The maximum atomic E-state index is 11.3. The summed E-state index contributed by atoms with van der Waals surface area (Å²) >= 11 is 11.2. The average Bonchev–Trinajstić information content (AvgIpc) is 2.28. The summed E-state index contributed by atoms with van der Waals surface area (Å²) in [5.74, 6) is -1.25. The molecule has 0 heterocycles. The van der Waals surface area contributed by atoms with Gasteiger partial charge in [-0.25, -0.2) is 0 Å². The van der Waals surface area contributed by atoms with Crippen LogP contribution in [0.1, 0.15) is 0 Å². The van der Waals surface area contributed by atoms with Crippen molar-refractivity contribution < 1.29 is 9.59 Å². The molecule has 0 spiro atoms. The minimum Gasteiger partial charge on any atom is -0.347 e. The Morgan fingerprint density at radius 1 is 1.19 bits per heavy atom. The molecule has 1 aromatic carbocycles. The Balaban J connectivity index is 2.58. The molecule has 2 amide bonds. The lowest BCUT2D eigenvalue weighted by Crippen LogP contribution is -2.36. The SMILES string of the molecule is O=C(NCCCl)C(=O)Nc1ccccc1Cl. The lowest BCUT2D eigenvalue weighted by molar-refractivity contribution is -0.136. The molecule has 6 heteroatoms. The van der Waals surface area contributed by atoms with E-state index in [4.69, 9.17) is 23.2 Å². The summed E-state index contributed by atoms with van der Waals surface area (Å²) in [5, 5.41) is 5.11. The van der Waals surface area contributed by atoms with Gasteiger partial charge in [-0.05, 0) is 12.1 Å². The molecule has 0 bridgehead atoms. The third-order valence-electron chi connectivity index (χ3n) is 1.71. The van der Waals surface area contributed by atoms with E-state index in [1.54, 1.807) is 24.3 Å². The van der Waals surface area contributed by atoms with Crippen LogP contribution in [-0.2, 0) is 9.59 Å². The van der Waals surface area contributed by atoms with E-state index in [-0.39, 0.29) is 12.4 Å². The zero-order valence-electron chi connectivity index (χ0n) is 8.30. The minimum absolute atomic E-state index is 0.246. The Morgan fingerprint density at radius 2 is 1.88 bits per heavy atom. The standard InChI is InChI=1S/C10H10Cl2N2O2/c11-5-6-13-9(15)10(16)14-8-4-2-1-3-7(8)12/h1-4H,5-6H2,(H,13,15)(H,14,16). The molecule has 0 saturated carbocycles. The molecular formula is C10H10Cl2N2O2. The number of amides is 2. The number of hydrogen-bond acceptors (Lipinski definition) is 2. The van der Waals surface area contributed by atoms with Crippen molar-refractivity contribution >= 4 is 40.7 Å². The van der Waals surface area contributed by atoms with Crippen LogP contribution in [0.25, 0.3) is 0 Å². The largest absolute Gasteiger partial charge is 0.347 e. The Bertz CT molecular complexity index is 396. The first-order valence-corrected chi connectivity index (χ1v) is 5.46. The van der Waals surface area contributed by atoms with E-state index in [2.05, 4.69) is 10.6 Å². The first-order valence-electron chi connectivity index (χ1n) is 4.55. The average molecular weight is 261 g/mol. The first-order chi connectivity index (χ1) is 7.65. The molecule has 0 saturated heterocycles. The summed E-state index contributed by atoms with van der Waals surface area (Å²) in [6.07, 6.45) is 0. The summed E-state index contributed by atoms with van der Waals surface area (Å²) in [5.41, 5.74) is 0.398. The van der Waals surface area contributed by atoms with Gasteiger partial charge in [0.2, 0.25) is 0 Å². The van der Waals surface area contributed by atoms with Gasteiger partial charge in [-0.1, -0.05) is 23.7 Å². The maximum Gasteiger partial charge on any atom is 0.313 e. The summed E-state index contributed by atoms with van der Waals surface area (Å²) in [6, 6.07) is 6.66. The number of rotatable bonds is 3. The molecule has 0 aliphatic carbocycles. The number of halogens is 2. The number of nitrogens with one attached hydrogen (secondary N) is 2. The Kier molecular flexibility index (Phi) is 5.08. The molecule has 1 rings (SSSR count). The van der Waals surface area contributed by atoms with Crippen molar-refractivity contribution in [3.8, 4) is 0 Å². The van der Waals surface area contributed by atoms with Gasteiger partial charge in [0.05, 0.1) is 10.7 Å². The molecule has 16 heavy (non-hydrogen) atoms. The van der Waals surface area contributed by atoms with Gasteiger partial charge in [0.25, 0.3) is 0 Å². The van der Waals surface area contributed by atoms with E-state index < -0.39 is 11.8 Å². The number of anilines is 1. The number of alkyl halides is 1. The van der Waals surface area contributed by atoms with E-state index in [9.17, 15) is 9.59 Å². The highest BCUT2D eigenvalue weighted by Gasteiger charge is 2.13. The van der Waals surface area contributed by atoms with Crippen LogP contribution < -0.4 is 10.6 Å². The lowest BCUT2D eigenvalue weighted by atomic mass is 10.3. The fourth-order valence-electron chi connectivity index (χ4n) is 0.983. The second-order valence-corrected chi connectivity index (χ2v) is 3.66. The van der Waals surface area contributed by atoms with Crippen molar-refractivity contribution in [1.82, 2.24) is 5.32 Å². The molecule has 4 nitrogen and oxygen atoms in total. The molecule has 0 aromatic heterocycles. The van der Waals surface area contributed by atoms with Crippen LogP contribution >= 0.6 is 23.2 Å².